The first-order chi connectivity index (χ1) is 8.65. The molecule has 1 fully saturated rings. The van der Waals surface area contributed by atoms with Gasteiger partial charge in [-0.2, -0.15) is 0 Å². The second-order valence-corrected chi connectivity index (χ2v) is 4.15. The highest BCUT2D eigenvalue weighted by molar-refractivity contribution is 5.74. The third kappa shape index (κ3) is 3.19. The third-order valence-corrected chi connectivity index (χ3v) is 2.70. The lowest BCUT2D eigenvalue weighted by molar-refractivity contribution is -0.137. The van der Waals surface area contributed by atoms with E-state index < -0.39 is 5.97 Å². The van der Waals surface area contributed by atoms with Crippen molar-refractivity contribution >= 4 is 12.0 Å². The number of amides is 2. The van der Waals surface area contributed by atoms with E-state index in [2.05, 4.69) is 15.6 Å². The lowest BCUT2D eigenvalue weighted by atomic mass is 10.4. The maximum Gasteiger partial charge on any atom is 0.325 e. The van der Waals surface area contributed by atoms with Crippen LogP contribution >= 0.6 is 0 Å². The fourth-order valence-electron chi connectivity index (χ4n) is 1.83. The summed E-state index contributed by atoms with van der Waals surface area (Å²) in [6, 6.07) is -0.111. The molecule has 1 aromatic rings. The summed E-state index contributed by atoms with van der Waals surface area (Å²) in [7, 11) is 0. The number of carbonyl (C=O) groups is 2. The van der Waals surface area contributed by atoms with Gasteiger partial charge in [0.2, 0.25) is 0 Å². The molecule has 0 atom stereocenters. The molecule has 1 aliphatic rings. The number of urea groups is 1. The van der Waals surface area contributed by atoms with Crippen molar-refractivity contribution in [1.29, 1.82) is 0 Å². The highest BCUT2D eigenvalue weighted by Crippen LogP contribution is 2.07. The van der Waals surface area contributed by atoms with Crippen LogP contribution in [0.5, 0.6) is 0 Å². The van der Waals surface area contributed by atoms with Crippen LogP contribution < -0.4 is 5.32 Å². The Labute approximate surface area is 104 Å². The molecule has 0 radical (unpaired) electrons. The Morgan fingerprint density at radius 3 is 2.78 bits per heavy atom. The quantitative estimate of drug-likeness (QED) is 0.765. The number of hydrogen-bond donors (Lipinski definition) is 2. The highest BCUT2D eigenvalue weighted by Gasteiger charge is 2.17. The maximum atomic E-state index is 11.7. The number of carbonyl (C=O) groups excluding carboxylic acids is 1. The van der Waals surface area contributed by atoms with E-state index >= 15 is 0 Å². The second-order valence-electron chi connectivity index (χ2n) is 4.15. The van der Waals surface area contributed by atoms with E-state index in [1.54, 1.807) is 4.90 Å². The largest absolute Gasteiger partial charge is 0.480 e. The molecule has 1 aliphatic heterocycles. The van der Waals surface area contributed by atoms with Crippen molar-refractivity contribution in [3.63, 3.8) is 0 Å². The molecule has 18 heavy (non-hydrogen) atoms. The van der Waals surface area contributed by atoms with Crippen LogP contribution in [-0.4, -0.2) is 50.1 Å². The Hall–Kier alpha value is -2.12. The molecule has 1 saturated heterocycles. The van der Waals surface area contributed by atoms with Crippen LogP contribution in [0.25, 0.3) is 0 Å². The molecule has 2 heterocycles. The van der Waals surface area contributed by atoms with Gasteiger partial charge in [-0.15, -0.1) is 5.10 Å². The van der Waals surface area contributed by atoms with Gasteiger partial charge in [-0.3, -0.25) is 4.79 Å². The first kappa shape index (κ1) is 12.3. The fraction of sp³-hybridized carbons (Fsp3) is 0.600. The number of carboxylic acid groups (broad SMARTS) is 1. The molecule has 0 aliphatic carbocycles. The summed E-state index contributed by atoms with van der Waals surface area (Å²) in [5.41, 5.74) is 0.545. The number of aliphatic carboxylic acids is 1. The molecule has 2 N–H and O–H groups in total. The van der Waals surface area contributed by atoms with Gasteiger partial charge in [0.25, 0.3) is 0 Å². The van der Waals surface area contributed by atoms with Gasteiger partial charge in [-0.25, -0.2) is 9.48 Å². The van der Waals surface area contributed by atoms with Gasteiger partial charge in [0, 0.05) is 13.1 Å². The predicted octanol–water partition coefficient (Wildman–Crippen LogP) is -0.332. The van der Waals surface area contributed by atoms with E-state index in [9.17, 15) is 9.59 Å². The van der Waals surface area contributed by atoms with Crippen molar-refractivity contribution in [2.24, 2.45) is 0 Å². The Bertz CT molecular complexity index is 438. The Morgan fingerprint density at radius 1 is 1.39 bits per heavy atom. The first-order valence-electron chi connectivity index (χ1n) is 5.79. The van der Waals surface area contributed by atoms with Crippen molar-refractivity contribution < 1.29 is 14.7 Å². The number of rotatable bonds is 4. The van der Waals surface area contributed by atoms with Crippen molar-refractivity contribution in [3.05, 3.63) is 11.9 Å². The van der Waals surface area contributed by atoms with Crippen molar-refractivity contribution in [1.82, 2.24) is 25.2 Å². The summed E-state index contributed by atoms with van der Waals surface area (Å²) >= 11 is 0. The maximum absolute atomic E-state index is 11.7. The van der Waals surface area contributed by atoms with E-state index in [4.69, 9.17) is 5.11 Å². The van der Waals surface area contributed by atoms with E-state index in [0.717, 1.165) is 25.9 Å². The summed E-state index contributed by atoms with van der Waals surface area (Å²) in [5, 5.41) is 18.7. The number of carboxylic acids is 1. The minimum absolute atomic E-state index is 0.111. The second kappa shape index (κ2) is 5.48. The van der Waals surface area contributed by atoms with Crippen LogP contribution in [0.15, 0.2) is 6.20 Å². The molecular weight excluding hydrogens is 238 g/mol. The monoisotopic (exact) mass is 253 g/mol. The van der Waals surface area contributed by atoms with Gasteiger partial charge in [0.15, 0.2) is 0 Å². The number of likely N-dealkylation sites (tertiary alicyclic amines) is 1. The van der Waals surface area contributed by atoms with E-state index in [-0.39, 0.29) is 19.1 Å². The highest BCUT2D eigenvalue weighted by atomic mass is 16.4. The molecule has 0 saturated carbocycles. The minimum atomic E-state index is -0.979. The van der Waals surface area contributed by atoms with Gasteiger partial charge in [0.1, 0.15) is 12.2 Å². The Morgan fingerprint density at radius 2 is 2.11 bits per heavy atom. The van der Waals surface area contributed by atoms with Crippen LogP contribution in [0.4, 0.5) is 4.79 Å². The van der Waals surface area contributed by atoms with Crippen molar-refractivity contribution in [3.8, 4) is 0 Å². The average Bonchev–Trinajstić information content (AvgIpc) is 2.95. The lowest BCUT2D eigenvalue weighted by Gasteiger charge is -2.15. The standard InChI is InChI=1S/C10H15N5O3/c16-9(17)7-15-6-8(12-13-15)5-11-10(18)14-3-1-2-4-14/h6H,1-5,7H2,(H,11,18)(H,16,17). The summed E-state index contributed by atoms with van der Waals surface area (Å²) < 4.78 is 1.22. The SMILES string of the molecule is O=C(O)Cn1cc(CNC(=O)N2CCCC2)nn1. The third-order valence-electron chi connectivity index (χ3n) is 2.70. The predicted molar refractivity (Wildman–Crippen MR) is 60.7 cm³/mol. The average molecular weight is 253 g/mol. The summed E-state index contributed by atoms with van der Waals surface area (Å²) in [6.07, 6.45) is 3.60. The Kier molecular flexibility index (Phi) is 3.75. The number of nitrogens with one attached hydrogen (secondary N) is 1. The summed E-state index contributed by atoms with van der Waals surface area (Å²) in [4.78, 5) is 23.9. The fourth-order valence-corrected chi connectivity index (χ4v) is 1.83. The zero-order valence-electron chi connectivity index (χ0n) is 9.87. The Balaban J connectivity index is 1.80. The van der Waals surface area contributed by atoms with Crippen LogP contribution in [0.3, 0.4) is 0 Å². The van der Waals surface area contributed by atoms with E-state index in [1.165, 1.54) is 10.9 Å². The smallest absolute Gasteiger partial charge is 0.325 e. The zero-order valence-corrected chi connectivity index (χ0v) is 9.87. The topological polar surface area (TPSA) is 100 Å². The van der Waals surface area contributed by atoms with Gasteiger partial charge < -0.3 is 15.3 Å². The van der Waals surface area contributed by atoms with Crippen LogP contribution in [0, 0.1) is 0 Å². The molecule has 2 rings (SSSR count). The molecule has 1 aromatic heterocycles. The molecule has 8 heteroatoms. The summed E-state index contributed by atoms with van der Waals surface area (Å²) in [6.45, 7) is 1.61. The van der Waals surface area contributed by atoms with Gasteiger partial charge >= 0.3 is 12.0 Å². The van der Waals surface area contributed by atoms with Crippen molar-refractivity contribution in [2.45, 2.75) is 25.9 Å². The number of nitrogens with zero attached hydrogens (tertiary/aromatic N) is 4. The lowest BCUT2D eigenvalue weighted by Crippen LogP contribution is -2.37. The van der Waals surface area contributed by atoms with Gasteiger partial charge in [-0.1, -0.05) is 5.21 Å². The van der Waals surface area contributed by atoms with Crippen LogP contribution in [0.2, 0.25) is 0 Å². The molecule has 0 spiro atoms. The van der Waals surface area contributed by atoms with Gasteiger partial charge in [0.05, 0.1) is 12.7 Å². The van der Waals surface area contributed by atoms with Crippen LogP contribution in [-0.2, 0) is 17.9 Å². The molecule has 0 bridgehead atoms. The zero-order chi connectivity index (χ0) is 13.0. The normalized spacial score (nSPS) is 14.8. The van der Waals surface area contributed by atoms with Crippen molar-refractivity contribution in [2.75, 3.05) is 13.1 Å². The van der Waals surface area contributed by atoms with Crippen LogP contribution in [0.1, 0.15) is 18.5 Å². The summed E-state index contributed by atoms with van der Waals surface area (Å²) in [5.74, 6) is -0.979. The molecule has 0 aromatic carbocycles. The first-order valence-corrected chi connectivity index (χ1v) is 5.79. The number of aromatic nitrogens is 3. The minimum Gasteiger partial charge on any atom is -0.480 e. The molecule has 8 nitrogen and oxygen atoms in total. The number of hydrogen-bond acceptors (Lipinski definition) is 4. The van der Waals surface area contributed by atoms with E-state index in [1.807, 2.05) is 0 Å². The molecule has 0 unspecified atom stereocenters. The molecule has 2 amide bonds. The molecule has 98 valence electrons. The molecular formula is C10H15N5O3. The van der Waals surface area contributed by atoms with Gasteiger partial charge in [-0.05, 0) is 12.8 Å². The van der Waals surface area contributed by atoms with E-state index in [0.29, 0.717) is 5.69 Å².